The molecule has 6 rings (SSSR count). The number of benzene rings is 4. The molecule has 264 valence electrons. The Hall–Kier alpha value is -4.90. The van der Waals surface area contributed by atoms with Crippen LogP contribution in [0.4, 0.5) is 4.39 Å². The van der Waals surface area contributed by atoms with Crippen LogP contribution in [-0.2, 0) is 9.36 Å². The number of halogens is 4. The Morgan fingerprint density at radius 1 is 0.698 bits per heavy atom. The number of allylic oxidation sites excluding steroid dienone is 6. The zero-order valence-corrected chi connectivity index (χ0v) is 32.6. The lowest BCUT2D eigenvalue weighted by Gasteiger charge is -2.30. The van der Waals surface area contributed by atoms with Crippen molar-refractivity contribution >= 4 is 90.8 Å². The van der Waals surface area contributed by atoms with Crippen LogP contribution in [0.5, 0.6) is 0 Å². The average Bonchev–Trinajstić information content (AvgIpc) is 3.21. The quantitative estimate of drug-likeness (QED) is 0.114. The lowest BCUT2D eigenvalue weighted by atomic mass is 10.2. The molecule has 0 radical (unpaired) electrons. The van der Waals surface area contributed by atoms with Crippen LogP contribution in [0.25, 0.3) is 9.69 Å². The number of aldehydes is 1. The van der Waals surface area contributed by atoms with Gasteiger partial charge in [0.1, 0.15) is 6.29 Å². The molecular formula is C40H29Cl3FN4O2P3. The predicted octanol–water partition coefficient (Wildman–Crippen LogP) is 10.3. The molecule has 0 atom stereocenters. The molecule has 0 spiro atoms. The average molecular weight is 817 g/mol. The van der Waals surface area contributed by atoms with Gasteiger partial charge in [0.2, 0.25) is 0 Å². The third-order valence-corrected chi connectivity index (χ3v) is 15.7. The smallest absolute Gasteiger partial charge is 0.298 e. The summed E-state index contributed by atoms with van der Waals surface area (Å²) >= 11 is 13.8. The number of hydrogen-bond donors (Lipinski definition) is 0. The zero-order chi connectivity index (χ0) is 39.6. The van der Waals surface area contributed by atoms with E-state index in [0.717, 1.165) is 21.2 Å². The highest BCUT2D eigenvalue weighted by Gasteiger charge is 2.35. The molecule has 13 heteroatoms. The number of nitriles is 2. The second kappa shape index (κ2) is 20.4. The van der Waals surface area contributed by atoms with Gasteiger partial charge in [-0.15, -0.1) is 0 Å². The highest BCUT2D eigenvalue weighted by Crippen LogP contribution is 2.61. The van der Waals surface area contributed by atoms with Gasteiger partial charge in [0.05, 0.1) is 44.4 Å². The first-order valence-electron chi connectivity index (χ1n) is 15.9. The van der Waals surface area contributed by atoms with Crippen molar-refractivity contribution < 1.29 is 15.1 Å². The first-order chi connectivity index (χ1) is 26.0. The van der Waals surface area contributed by atoms with E-state index in [9.17, 15) is 24.3 Å². The van der Waals surface area contributed by atoms with Crippen LogP contribution in [-0.4, -0.2) is 24.0 Å². The number of alkyl halides is 1. The van der Waals surface area contributed by atoms with Gasteiger partial charge in [-0.25, -0.2) is 9.69 Å². The first-order valence-corrected chi connectivity index (χ1v) is 23.2. The first kappa shape index (κ1) is 40.9. The highest BCUT2D eigenvalue weighted by molar-refractivity contribution is 8.24. The second-order valence-electron chi connectivity index (χ2n) is 10.4. The van der Waals surface area contributed by atoms with E-state index in [1.54, 1.807) is 18.2 Å². The summed E-state index contributed by atoms with van der Waals surface area (Å²) in [5.74, 6) is 0. The molecule has 0 bridgehead atoms. The predicted molar refractivity (Wildman–Crippen MR) is 224 cm³/mol. The maximum atomic E-state index is 11.2. The molecule has 2 aliphatic heterocycles. The molecule has 53 heavy (non-hydrogen) atoms. The summed E-state index contributed by atoms with van der Waals surface area (Å²) < 4.78 is 25.0. The number of hydrogen-bond acceptors (Lipinski definition) is 4. The summed E-state index contributed by atoms with van der Waals surface area (Å²) in [7, 11) is -1.00. The van der Waals surface area contributed by atoms with Crippen LogP contribution in [0.1, 0.15) is 1.37 Å². The molecule has 0 saturated heterocycles. The normalized spacial score (nSPS) is 14.9. The van der Waals surface area contributed by atoms with Gasteiger partial charge in [0.25, 0.3) is 0 Å². The Kier molecular flexibility index (Phi) is 15.7. The van der Waals surface area contributed by atoms with Crippen molar-refractivity contribution in [3.05, 3.63) is 191 Å². The second-order valence-corrected chi connectivity index (χ2v) is 23.7. The van der Waals surface area contributed by atoms with Crippen molar-refractivity contribution in [3.63, 3.8) is 0 Å². The summed E-state index contributed by atoms with van der Waals surface area (Å²) in [5, 5.41) is 21.5. The van der Waals surface area contributed by atoms with Gasteiger partial charge < -0.3 is 0 Å². The summed E-state index contributed by atoms with van der Waals surface area (Å²) in [6.07, 6.45) is 9.43. The fourth-order valence-electron chi connectivity index (χ4n) is 5.74. The van der Waals surface area contributed by atoms with Gasteiger partial charge in [-0.3, -0.25) is 13.8 Å². The number of carbonyl (C=O) groups is 1. The SMILES string of the molecule is O=P(Cl)(Cl)Cl.[2H]CF.[C-]#[N+]C1=CC(C=O)=CC(C#N)=P1(c1ccccc1)c1ccccc1.[C-]#[N+]C1=CC=CC(C#N)=P1(c1ccccc1)c1ccccc1. The monoisotopic (exact) mass is 815 g/mol. The summed E-state index contributed by atoms with van der Waals surface area (Å²) in [4.78, 5) is 18.8. The minimum Gasteiger partial charge on any atom is -0.298 e. The Bertz CT molecular complexity index is 2330. The molecule has 6 nitrogen and oxygen atoms in total. The third kappa shape index (κ3) is 9.75. The van der Waals surface area contributed by atoms with Crippen LogP contribution in [0.15, 0.2) is 168 Å². The maximum absolute atomic E-state index is 11.2. The maximum Gasteiger partial charge on any atom is 0.339 e. The van der Waals surface area contributed by atoms with E-state index in [4.69, 9.17) is 14.5 Å². The lowest BCUT2D eigenvalue weighted by Crippen LogP contribution is -2.23. The van der Waals surface area contributed by atoms with Crippen molar-refractivity contribution in [1.82, 2.24) is 0 Å². The van der Waals surface area contributed by atoms with Crippen LogP contribution in [0, 0.1) is 35.8 Å². The Labute approximate surface area is 325 Å². The Balaban J connectivity index is 0.000000243. The minimum absolute atomic E-state index is 0.361. The van der Waals surface area contributed by atoms with Crippen LogP contribution < -0.4 is 21.2 Å². The molecular weight excluding hydrogens is 787 g/mol. The van der Waals surface area contributed by atoms with Crippen LogP contribution in [0.3, 0.4) is 0 Å². The molecule has 4 aromatic carbocycles. The molecule has 4 aromatic rings. The van der Waals surface area contributed by atoms with Crippen molar-refractivity contribution in [2.45, 2.75) is 0 Å². The molecule has 2 aliphatic rings. The van der Waals surface area contributed by atoms with Crippen molar-refractivity contribution in [2.75, 3.05) is 7.15 Å². The number of carbonyl (C=O) groups excluding carboxylic acids is 1. The molecule has 0 N–H and O–H groups in total. The van der Waals surface area contributed by atoms with Gasteiger partial charge in [0, 0.05) is 19.3 Å². The van der Waals surface area contributed by atoms with E-state index in [-0.39, 0.29) is 0 Å². The van der Waals surface area contributed by atoms with Gasteiger partial charge in [0.15, 0.2) is 10.9 Å². The third-order valence-electron chi connectivity index (χ3n) is 7.68. The largest absolute Gasteiger partial charge is 0.339 e. The van der Waals surface area contributed by atoms with E-state index in [0.29, 0.717) is 33.3 Å². The molecule has 0 unspecified atom stereocenters. The fraction of sp³-hybridized carbons (Fsp3) is 0.0250. The molecule has 2 heterocycles. The molecule has 0 saturated carbocycles. The molecule has 0 fully saturated rings. The zero-order valence-electron chi connectivity index (χ0n) is 28.7. The van der Waals surface area contributed by atoms with Crippen LogP contribution in [0.2, 0.25) is 0 Å². The van der Waals surface area contributed by atoms with E-state index < -0.39 is 26.1 Å². The Morgan fingerprint density at radius 2 is 1.04 bits per heavy atom. The highest BCUT2D eigenvalue weighted by atomic mass is 36.0. The lowest BCUT2D eigenvalue weighted by molar-refractivity contribution is -0.104. The van der Waals surface area contributed by atoms with E-state index in [1.165, 1.54) is 0 Å². The standard InChI is InChI=1S/C20H13N2OP.C19H13N2P.CH3F.Cl3OP/c1-22-20-13-16(15-23)12-19(14-21)24(20,17-8-4-2-5-9-17)18-10-6-3-7-11-18;1-21-19-14-8-13-18(15-20)22(19,16-9-4-2-5-10-16)17-11-6-3-7-12-17;1-2;1-5(2,3)4/h2-13,15H;2-14H;1H3;/i;;1D;. The number of nitrogens with zero attached hydrogens (tertiary/aromatic N) is 4. The van der Waals surface area contributed by atoms with Gasteiger partial charge in [-0.2, -0.15) is 10.5 Å². The summed E-state index contributed by atoms with van der Waals surface area (Å²) in [6, 6.07) is 43.8. The number of rotatable bonds is 5. The summed E-state index contributed by atoms with van der Waals surface area (Å²) in [5.41, 5.74) is 1.48. The topological polar surface area (TPSA) is 90.4 Å². The molecule has 0 amide bonds. The molecule has 0 aliphatic carbocycles. The van der Waals surface area contributed by atoms with Gasteiger partial charge in [-0.1, -0.05) is 133 Å². The van der Waals surface area contributed by atoms with Crippen molar-refractivity contribution in [1.29, 1.82) is 10.5 Å². The summed E-state index contributed by atoms with van der Waals surface area (Å²) in [6.45, 7) is 10.5. The minimum atomic E-state index is -3.22. The fourth-order valence-corrected chi connectivity index (χ4v) is 13.4. The van der Waals surface area contributed by atoms with Crippen molar-refractivity contribution in [2.24, 2.45) is 0 Å². The van der Waals surface area contributed by atoms with Crippen LogP contribution >= 0.6 is 52.7 Å². The van der Waals surface area contributed by atoms with E-state index in [1.807, 2.05) is 133 Å². The Morgan fingerprint density at radius 3 is 1.34 bits per heavy atom. The van der Waals surface area contributed by atoms with E-state index >= 15 is 0 Å². The van der Waals surface area contributed by atoms with Gasteiger partial charge in [-0.05, 0) is 73.2 Å². The van der Waals surface area contributed by atoms with E-state index in [2.05, 4.69) is 55.6 Å². The van der Waals surface area contributed by atoms with Crippen molar-refractivity contribution in [3.8, 4) is 12.1 Å². The van der Waals surface area contributed by atoms with Gasteiger partial charge >= 0.3 is 5.20 Å². The molecule has 0 aromatic heterocycles.